The van der Waals surface area contributed by atoms with Crippen LogP contribution in [-0.4, -0.2) is 25.5 Å². The summed E-state index contributed by atoms with van der Waals surface area (Å²) in [6, 6.07) is 9.58. The Morgan fingerprint density at radius 2 is 1.79 bits per heavy atom. The lowest BCUT2D eigenvalue weighted by molar-refractivity contribution is 0.428. The molecule has 3 nitrogen and oxygen atoms in total. The van der Waals surface area contributed by atoms with Crippen molar-refractivity contribution in [1.82, 2.24) is 4.31 Å². The van der Waals surface area contributed by atoms with Crippen LogP contribution in [0.25, 0.3) is 0 Å². The second kappa shape index (κ2) is 4.57. The lowest BCUT2D eigenvalue weighted by atomic mass is 10.2. The van der Waals surface area contributed by atoms with Crippen molar-refractivity contribution >= 4 is 10.0 Å². The van der Waals surface area contributed by atoms with Crippen molar-refractivity contribution in [1.29, 1.82) is 0 Å². The first-order valence-electron chi connectivity index (χ1n) is 4.53. The second-order valence-electron chi connectivity index (χ2n) is 3.17. The predicted molar refractivity (Wildman–Crippen MR) is 57.4 cm³/mol. The van der Waals surface area contributed by atoms with Crippen molar-refractivity contribution in [3.8, 4) is 0 Å². The molecule has 0 aliphatic carbocycles. The van der Waals surface area contributed by atoms with Gasteiger partial charge in [0, 0.05) is 13.1 Å². The molecule has 1 aromatic carbocycles. The van der Waals surface area contributed by atoms with E-state index in [-0.39, 0.29) is 0 Å². The van der Waals surface area contributed by atoms with Crippen LogP contribution in [-0.2, 0) is 16.6 Å². The summed E-state index contributed by atoms with van der Waals surface area (Å²) in [6.07, 6.45) is 1.24. The molecule has 4 heteroatoms. The van der Waals surface area contributed by atoms with E-state index in [1.807, 2.05) is 37.3 Å². The van der Waals surface area contributed by atoms with Gasteiger partial charge >= 0.3 is 0 Å². The van der Waals surface area contributed by atoms with Crippen LogP contribution < -0.4 is 0 Å². The molecule has 0 aromatic heterocycles. The Kier molecular flexibility index (Phi) is 3.66. The van der Waals surface area contributed by atoms with Gasteiger partial charge in [0.25, 0.3) is 0 Å². The molecule has 0 amide bonds. The van der Waals surface area contributed by atoms with E-state index in [1.165, 1.54) is 10.6 Å². The molecule has 0 N–H and O–H groups in total. The van der Waals surface area contributed by atoms with Gasteiger partial charge in [0.2, 0.25) is 10.0 Å². The summed E-state index contributed by atoms with van der Waals surface area (Å²) in [5, 5.41) is 0. The van der Waals surface area contributed by atoms with Crippen LogP contribution in [0.1, 0.15) is 12.5 Å². The van der Waals surface area contributed by atoms with E-state index in [9.17, 15) is 8.42 Å². The minimum atomic E-state index is -3.08. The summed E-state index contributed by atoms with van der Waals surface area (Å²) in [6.45, 7) is 2.80. The van der Waals surface area contributed by atoms with E-state index in [0.29, 0.717) is 13.1 Å². The summed E-state index contributed by atoms with van der Waals surface area (Å²) < 4.78 is 24.0. The first kappa shape index (κ1) is 11.2. The molecule has 0 bridgehead atoms. The number of sulfonamides is 1. The lowest BCUT2D eigenvalue weighted by Crippen LogP contribution is -2.29. The maximum atomic E-state index is 11.3. The van der Waals surface area contributed by atoms with Crippen molar-refractivity contribution < 1.29 is 8.42 Å². The number of hydrogen-bond acceptors (Lipinski definition) is 2. The minimum absolute atomic E-state index is 0.455. The lowest BCUT2D eigenvalue weighted by Gasteiger charge is -2.17. The summed E-state index contributed by atoms with van der Waals surface area (Å²) in [5.74, 6) is 0. The molecule has 0 saturated heterocycles. The van der Waals surface area contributed by atoms with Gasteiger partial charge in [-0.1, -0.05) is 37.3 Å². The van der Waals surface area contributed by atoms with E-state index in [2.05, 4.69) is 0 Å². The summed E-state index contributed by atoms with van der Waals surface area (Å²) in [7, 11) is -3.08. The average Bonchev–Trinajstić information content (AvgIpc) is 2.14. The Morgan fingerprint density at radius 3 is 2.21 bits per heavy atom. The molecule has 14 heavy (non-hydrogen) atoms. The average molecular weight is 213 g/mol. The molecule has 1 aromatic rings. The summed E-state index contributed by atoms with van der Waals surface area (Å²) in [4.78, 5) is 0. The Morgan fingerprint density at radius 1 is 1.21 bits per heavy atom. The minimum Gasteiger partial charge on any atom is -0.212 e. The van der Waals surface area contributed by atoms with E-state index >= 15 is 0 Å². The summed E-state index contributed by atoms with van der Waals surface area (Å²) >= 11 is 0. The maximum absolute atomic E-state index is 11.3. The van der Waals surface area contributed by atoms with Crippen LogP contribution in [0.15, 0.2) is 30.3 Å². The normalized spacial score (nSPS) is 11.9. The zero-order valence-electron chi connectivity index (χ0n) is 8.47. The standard InChI is InChI=1S/C10H15NO2S/c1-3-11(14(2,12)13)9-10-7-5-4-6-8-10/h4-8H,3,9H2,1-2H3. The molecular weight excluding hydrogens is 198 g/mol. The maximum Gasteiger partial charge on any atom is 0.211 e. The first-order chi connectivity index (χ1) is 6.54. The third-order valence-corrected chi connectivity index (χ3v) is 3.35. The third-order valence-electron chi connectivity index (χ3n) is 2.02. The highest BCUT2D eigenvalue weighted by molar-refractivity contribution is 7.88. The summed E-state index contributed by atoms with van der Waals surface area (Å²) in [5.41, 5.74) is 1.01. The number of rotatable bonds is 4. The topological polar surface area (TPSA) is 37.4 Å². The van der Waals surface area contributed by atoms with Crippen molar-refractivity contribution in [3.05, 3.63) is 35.9 Å². The fourth-order valence-electron chi connectivity index (χ4n) is 1.25. The molecule has 0 saturated carbocycles. The number of benzene rings is 1. The smallest absolute Gasteiger partial charge is 0.211 e. The van der Waals surface area contributed by atoms with Gasteiger partial charge in [-0.3, -0.25) is 0 Å². The number of nitrogens with zero attached hydrogens (tertiary/aromatic N) is 1. The zero-order chi connectivity index (χ0) is 10.6. The Balaban J connectivity index is 2.77. The fourth-order valence-corrected chi connectivity index (χ4v) is 2.10. The third kappa shape index (κ3) is 3.12. The van der Waals surface area contributed by atoms with E-state index in [4.69, 9.17) is 0 Å². The van der Waals surface area contributed by atoms with E-state index in [1.54, 1.807) is 0 Å². The second-order valence-corrected chi connectivity index (χ2v) is 5.16. The molecule has 0 fully saturated rings. The van der Waals surface area contributed by atoms with Gasteiger partial charge in [-0.05, 0) is 5.56 Å². The van der Waals surface area contributed by atoms with Gasteiger partial charge < -0.3 is 0 Å². The monoisotopic (exact) mass is 213 g/mol. The highest BCUT2D eigenvalue weighted by atomic mass is 32.2. The molecule has 0 radical (unpaired) electrons. The van der Waals surface area contributed by atoms with Crippen LogP contribution in [0.5, 0.6) is 0 Å². The van der Waals surface area contributed by atoms with Crippen LogP contribution in [0.4, 0.5) is 0 Å². The molecule has 0 spiro atoms. The predicted octanol–water partition coefficient (Wildman–Crippen LogP) is 1.47. The van der Waals surface area contributed by atoms with Gasteiger partial charge in [0.15, 0.2) is 0 Å². The van der Waals surface area contributed by atoms with Crippen LogP contribution >= 0.6 is 0 Å². The van der Waals surface area contributed by atoms with Crippen LogP contribution in [0, 0.1) is 0 Å². The van der Waals surface area contributed by atoms with Gasteiger partial charge in [-0.2, -0.15) is 4.31 Å². The van der Waals surface area contributed by atoms with Crippen LogP contribution in [0.3, 0.4) is 0 Å². The van der Waals surface area contributed by atoms with Crippen molar-refractivity contribution in [2.24, 2.45) is 0 Å². The molecule has 0 aliphatic heterocycles. The van der Waals surface area contributed by atoms with E-state index in [0.717, 1.165) is 5.56 Å². The fraction of sp³-hybridized carbons (Fsp3) is 0.400. The SMILES string of the molecule is CCN(Cc1ccccc1)S(C)(=O)=O. The first-order valence-corrected chi connectivity index (χ1v) is 6.38. The molecule has 0 unspecified atom stereocenters. The van der Waals surface area contributed by atoms with Gasteiger partial charge in [0.1, 0.15) is 0 Å². The van der Waals surface area contributed by atoms with E-state index < -0.39 is 10.0 Å². The quantitative estimate of drug-likeness (QED) is 0.759. The Hall–Kier alpha value is -0.870. The molecule has 0 atom stereocenters. The molecular formula is C10H15NO2S. The van der Waals surface area contributed by atoms with Gasteiger partial charge in [-0.25, -0.2) is 8.42 Å². The number of hydrogen-bond donors (Lipinski definition) is 0. The molecule has 0 heterocycles. The molecule has 78 valence electrons. The Bertz CT molecular complexity index is 372. The van der Waals surface area contributed by atoms with Crippen LogP contribution in [0.2, 0.25) is 0 Å². The molecule has 0 aliphatic rings. The molecule has 1 rings (SSSR count). The zero-order valence-corrected chi connectivity index (χ0v) is 9.29. The highest BCUT2D eigenvalue weighted by Crippen LogP contribution is 2.07. The van der Waals surface area contributed by atoms with Crippen molar-refractivity contribution in [2.45, 2.75) is 13.5 Å². The largest absolute Gasteiger partial charge is 0.212 e. The van der Waals surface area contributed by atoms with Gasteiger partial charge in [-0.15, -0.1) is 0 Å². The Labute approximate surface area is 85.4 Å². The van der Waals surface area contributed by atoms with Crippen molar-refractivity contribution in [2.75, 3.05) is 12.8 Å². The highest BCUT2D eigenvalue weighted by Gasteiger charge is 2.13. The van der Waals surface area contributed by atoms with Gasteiger partial charge in [0.05, 0.1) is 6.26 Å². The van der Waals surface area contributed by atoms with Crippen molar-refractivity contribution in [3.63, 3.8) is 0 Å².